The zero-order valence-corrected chi connectivity index (χ0v) is 17.5. The van der Waals surface area contributed by atoms with Crippen molar-refractivity contribution in [3.8, 4) is 28.6 Å². The number of ether oxygens (including phenoxy) is 3. The van der Waals surface area contributed by atoms with Crippen LogP contribution in [0, 0.1) is 0 Å². The number of piperidine rings is 1. The summed E-state index contributed by atoms with van der Waals surface area (Å²) in [5.41, 5.74) is 2.06. The molecule has 2 aromatic heterocycles. The maximum absolute atomic E-state index is 5.54. The molecule has 0 saturated carbocycles. The van der Waals surface area contributed by atoms with E-state index in [9.17, 15) is 0 Å². The lowest BCUT2D eigenvalue weighted by molar-refractivity contribution is 0.181. The Hall–Kier alpha value is -3.13. The SMILES string of the molecule is COc1ccc(-c2noc(CN3CCC(c4ccncc4)CC3)n2)c(OC)c1OC. The zero-order chi connectivity index (χ0) is 20.9. The lowest BCUT2D eigenvalue weighted by Gasteiger charge is -2.31. The number of benzene rings is 1. The van der Waals surface area contributed by atoms with Gasteiger partial charge in [-0.2, -0.15) is 4.98 Å². The number of rotatable bonds is 7. The van der Waals surface area contributed by atoms with Crippen molar-refractivity contribution in [3.63, 3.8) is 0 Å². The first-order valence-electron chi connectivity index (χ1n) is 9.97. The molecular weight excluding hydrogens is 384 g/mol. The Bertz CT molecular complexity index is 969. The van der Waals surface area contributed by atoms with Crippen molar-refractivity contribution < 1.29 is 18.7 Å². The van der Waals surface area contributed by atoms with Crippen molar-refractivity contribution in [1.29, 1.82) is 0 Å². The van der Waals surface area contributed by atoms with E-state index in [0.29, 0.717) is 47.0 Å². The maximum Gasteiger partial charge on any atom is 0.241 e. The Kier molecular flexibility index (Phi) is 6.13. The van der Waals surface area contributed by atoms with E-state index in [0.717, 1.165) is 25.9 Å². The molecule has 0 bridgehead atoms. The van der Waals surface area contributed by atoms with Gasteiger partial charge in [0, 0.05) is 12.4 Å². The molecule has 1 aliphatic rings. The standard InChI is InChI=1S/C22H26N4O4/c1-27-18-5-4-17(20(28-2)21(18)29-3)22-24-19(30-25-22)14-26-12-8-16(9-13-26)15-6-10-23-11-7-15/h4-7,10-11,16H,8-9,12-14H2,1-3H3. The summed E-state index contributed by atoms with van der Waals surface area (Å²) in [5.74, 6) is 3.24. The van der Waals surface area contributed by atoms with Crippen LogP contribution in [-0.2, 0) is 6.54 Å². The number of likely N-dealkylation sites (tertiary alicyclic amines) is 1. The van der Waals surface area contributed by atoms with Crippen molar-refractivity contribution >= 4 is 0 Å². The molecule has 158 valence electrons. The Morgan fingerprint density at radius 1 is 0.967 bits per heavy atom. The summed E-state index contributed by atoms with van der Waals surface area (Å²) < 4.78 is 21.8. The lowest BCUT2D eigenvalue weighted by Crippen LogP contribution is -2.32. The van der Waals surface area contributed by atoms with Crippen LogP contribution in [0.3, 0.4) is 0 Å². The van der Waals surface area contributed by atoms with Gasteiger partial charge in [0.2, 0.25) is 17.5 Å². The first-order chi connectivity index (χ1) is 14.7. The molecule has 1 aliphatic heterocycles. The first kappa shape index (κ1) is 20.2. The van der Waals surface area contributed by atoms with Gasteiger partial charge < -0.3 is 18.7 Å². The molecule has 0 atom stereocenters. The Morgan fingerprint density at radius 2 is 1.70 bits per heavy atom. The summed E-state index contributed by atoms with van der Waals surface area (Å²) in [6, 6.07) is 7.87. The van der Waals surface area contributed by atoms with Crippen LogP contribution in [0.15, 0.2) is 41.2 Å². The highest BCUT2D eigenvalue weighted by atomic mass is 16.5. The Balaban J connectivity index is 1.44. The number of hydrogen-bond acceptors (Lipinski definition) is 8. The van der Waals surface area contributed by atoms with Gasteiger partial charge in [0.15, 0.2) is 11.5 Å². The molecule has 0 amide bonds. The third kappa shape index (κ3) is 4.09. The molecule has 0 radical (unpaired) electrons. The Labute approximate surface area is 175 Å². The van der Waals surface area contributed by atoms with Crippen LogP contribution in [0.2, 0.25) is 0 Å². The highest BCUT2D eigenvalue weighted by molar-refractivity contribution is 5.71. The molecule has 0 aliphatic carbocycles. The molecule has 8 heteroatoms. The summed E-state index contributed by atoms with van der Waals surface area (Å²) in [6.45, 7) is 2.61. The molecule has 0 spiro atoms. The summed E-state index contributed by atoms with van der Waals surface area (Å²) in [6.07, 6.45) is 5.94. The summed E-state index contributed by atoms with van der Waals surface area (Å²) in [5, 5.41) is 4.16. The molecule has 3 heterocycles. The molecule has 1 saturated heterocycles. The van der Waals surface area contributed by atoms with Crippen LogP contribution in [-0.4, -0.2) is 54.4 Å². The van der Waals surface area contributed by atoms with E-state index in [1.54, 1.807) is 27.4 Å². The number of pyridine rings is 1. The normalized spacial score (nSPS) is 15.2. The number of nitrogens with zero attached hydrogens (tertiary/aromatic N) is 4. The second-order valence-electron chi connectivity index (χ2n) is 7.22. The van der Waals surface area contributed by atoms with Gasteiger partial charge in [-0.25, -0.2) is 0 Å². The topological polar surface area (TPSA) is 82.7 Å². The fourth-order valence-electron chi connectivity index (χ4n) is 3.96. The molecule has 0 N–H and O–H groups in total. The molecular formula is C22H26N4O4. The van der Waals surface area contributed by atoms with Crippen LogP contribution < -0.4 is 14.2 Å². The minimum absolute atomic E-state index is 0.467. The van der Waals surface area contributed by atoms with Gasteiger partial charge in [-0.15, -0.1) is 0 Å². The number of methoxy groups -OCH3 is 3. The first-order valence-corrected chi connectivity index (χ1v) is 9.97. The van der Waals surface area contributed by atoms with Gasteiger partial charge in [-0.05, 0) is 61.7 Å². The van der Waals surface area contributed by atoms with Crippen molar-refractivity contribution in [3.05, 3.63) is 48.1 Å². The van der Waals surface area contributed by atoms with Gasteiger partial charge in [0.05, 0.1) is 33.4 Å². The second-order valence-corrected chi connectivity index (χ2v) is 7.22. The minimum Gasteiger partial charge on any atom is -0.493 e. The average Bonchev–Trinajstić information content (AvgIpc) is 3.27. The van der Waals surface area contributed by atoms with Crippen molar-refractivity contribution in [2.75, 3.05) is 34.4 Å². The average molecular weight is 410 g/mol. The van der Waals surface area contributed by atoms with Gasteiger partial charge in [0.25, 0.3) is 0 Å². The minimum atomic E-state index is 0.467. The molecule has 4 rings (SSSR count). The molecule has 1 aromatic carbocycles. The van der Waals surface area contributed by atoms with Crippen molar-refractivity contribution in [2.24, 2.45) is 0 Å². The van der Waals surface area contributed by atoms with Crippen LogP contribution in [0.4, 0.5) is 0 Å². The van der Waals surface area contributed by atoms with Crippen LogP contribution >= 0.6 is 0 Å². The summed E-state index contributed by atoms with van der Waals surface area (Å²) >= 11 is 0. The smallest absolute Gasteiger partial charge is 0.241 e. The maximum atomic E-state index is 5.54. The van der Waals surface area contributed by atoms with Crippen LogP contribution in [0.1, 0.15) is 30.2 Å². The highest BCUT2D eigenvalue weighted by Crippen LogP contribution is 2.43. The van der Waals surface area contributed by atoms with Gasteiger partial charge >= 0.3 is 0 Å². The van der Waals surface area contributed by atoms with Gasteiger partial charge in [0.1, 0.15) is 0 Å². The van der Waals surface area contributed by atoms with Gasteiger partial charge in [-0.3, -0.25) is 9.88 Å². The number of aromatic nitrogens is 3. The third-order valence-electron chi connectivity index (χ3n) is 5.54. The van der Waals surface area contributed by atoms with E-state index >= 15 is 0 Å². The predicted octanol–water partition coefficient (Wildman–Crippen LogP) is 3.54. The van der Waals surface area contributed by atoms with Gasteiger partial charge in [-0.1, -0.05) is 5.16 Å². The highest BCUT2D eigenvalue weighted by Gasteiger charge is 2.24. The van der Waals surface area contributed by atoms with Crippen LogP contribution in [0.25, 0.3) is 11.4 Å². The quantitative estimate of drug-likeness (QED) is 0.585. The zero-order valence-electron chi connectivity index (χ0n) is 17.5. The van der Waals surface area contributed by atoms with E-state index in [1.165, 1.54) is 5.56 Å². The molecule has 3 aromatic rings. The van der Waals surface area contributed by atoms with Crippen molar-refractivity contribution in [2.45, 2.75) is 25.3 Å². The fraction of sp³-hybridized carbons (Fsp3) is 0.409. The predicted molar refractivity (Wildman–Crippen MR) is 111 cm³/mol. The molecule has 1 fully saturated rings. The van der Waals surface area contributed by atoms with E-state index in [4.69, 9.17) is 18.7 Å². The largest absolute Gasteiger partial charge is 0.493 e. The molecule has 30 heavy (non-hydrogen) atoms. The van der Waals surface area contributed by atoms with Crippen LogP contribution in [0.5, 0.6) is 17.2 Å². The molecule has 8 nitrogen and oxygen atoms in total. The second kappa shape index (κ2) is 9.13. The summed E-state index contributed by atoms with van der Waals surface area (Å²) in [4.78, 5) is 11.0. The van der Waals surface area contributed by atoms with Crippen molar-refractivity contribution in [1.82, 2.24) is 20.0 Å². The molecule has 0 unspecified atom stereocenters. The van der Waals surface area contributed by atoms with E-state index in [2.05, 4.69) is 32.2 Å². The monoisotopic (exact) mass is 410 g/mol. The lowest BCUT2D eigenvalue weighted by atomic mass is 9.90. The fourth-order valence-corrected chi connectivity index (χ4v) is 3.96. The number of hydrogen-bond donors (Lipinski definition) is 0. The van der Waals surface area contributed by atoms with E-state index < -0.39 is 0 Å². The van der Waals surface area contributed by atoms with E-state index in [1.807, 2.05) is 18.5 Å². The third-order valence-corrected chi connectivity index (χ3v) is 5.54. The Morgan fingerprint density at radius 3 is 2.37 bits per heavy atom. The summed E-state index contributed by atoms with van der Waals surface area (Å²) in [7, 11) is 4.73. The van der Waals surface area contributed by atoms with E-state index in [-0.39, 0.29) is 0 Å².